The van der Waals surface area contributed by atoms with Crippen LogP contribution in [0.15, 0.2) is 40.0 Å². The average Bonchev–Trinajstić information content (AvgIpc) is 2.53. The number of rotatable bonds is 6. The van der Waals surface area contributed by atoms with Crippen molar-refractivity contribution >= 4 is 17.5 Å². The van der Waals surface area contributed by atoms with Crippen LogP contribution < -0.4 is 5.56 Å². The molecule has 2 rings (SSSR count). The number of carbonyl (C=O) groups is 1. The number of halogens is 1. The minimum Gasteiger partial charge on any atom is -0.377 e. The molecule has 1 aromatic heterocycles. The van der Waals surface area contributed by atoms with Crippen LogP contribution in [0.1, 0.15) is 21.6 Å². The Labute approximate surface area is 138 Å². The average molecular weight is 335 g/mol. The topological polar surface area (TPSA) is 48.3 Å². The van der Waals surface area contributed by atoms with Crippen LogP contribution in [0.25, 0.3) is 0 Å². The summed E-state index contributed by atoms with van der Waals surface area (Å²) in [5.41, 5.74) is 1.06. The molecule has 0 atom stereocenters. The van der Waals surface area contributed by atoms with E-state index in [0.717, 1.165) is 4.90 Å². The summed E-state index contributed by atoms with van der Waals surface area (Å²) in [6.07, 6.45) is 2.04. The maximum absolute atomic E-state index is 14.2. The highest BCUT2D eigenvalue weighted by molar-refractivity contribution is 7.98. The Bertz CT molecular complexity index is 786. The molecule has 0 spiro atoms. The van der Waals surface area contributed by atoms with Gasteiger partial charge in [0.2, 0.25) is 0 Å². The van der Waals surface area contributed by atoms with Crippen molar-refractivity contribution < 1.29 is 13.9 Å². The highest BCUT2D eigenvalue weighted by Crippen LogP contribution is 2.21. The first kappa shape index (κ1) is 17.4. The molecule has 0 aliphatic heterocycles. The highest BCUT2D eigenvalue weighted by Gasteiger charge is 2.16. The van der Waals surface area contributed by atoms with E-state index in [4.69, 9.17) is 4.74 Å². The van der Waals surface area contributed by atoms with Crippen molar-refractivity contribution in [1.29, 1.82) is 0 Å². The molecule has 4 nitrogen and oxygen atoms in total. The molecule has 1 heterocycles. The summed E-state index contributed by atoms with van der Waals surface area (Å²) >= 11 is 1.45. The standard InChI is InChI=1S/C17H18FNO3S/c1-19-15(8-11-4-5-12(23-3)9-14(11)18)13(6-7-17(19)21)16(20)10-22-2/h4-7,9H,8,10H2,1-3H3. The number of hydrogen-bond acceptors (Lipinski definition) is 4. The first-order chi connectivity index (χ1) is 11.0. The number of benzene rings is 1. The van der Waals surface area contributed by atoms with Gasteiger partial charge in [-0.3, -0.25) is 9.59 Å². The molecule has 0 radical (unpaired) electrons. The van der Waals surface area contributed by atoms with Gasteiger partial charge in [-0.2, -0.15) is 0 Å². The summed E-state index contributed by atoms with van der Waals surface area (Å²) in [5, 5.41) is 0. The number of pyridine rings is 1. The molecule has 2 aromatic rings. The molecule has 0 unspecified atom stereocenters. The number of thioether (sulfide) groups is 1. The molecule has 0 aliphatic carbocycles. The molecule has 0 fully saturated rings. The van der Waals surface area contributed by atoms with E-state index in [0.29, 0.717) is 16.8 Å². The van der Waals surface area contributed by atoms with Gasteiger partial charge in [-0.05, 0) is 30.0 Å². The van der Waals surface area contributed by atoms with E-state index in [1.807, 2.05) is 12.3 Å². The maximum Gasteiger partial charge on any atom is 0.250 e. The fourth-order valence-corrected chi connectivity index (χ4v) is 2.76. The zero-order chi connectivity index (χ0) is 17.0. The van der Waals surface area contributed by atoms with Gasteiger partial charge >= 0.3 is 0 Å². The van der Waals surface area contributed by atoms with Gasteiger partial charge in [-0.1, -0.05) is 6.07 Å². The van der Waals surface area contributed by atoms with Crippen LogP contribution in [-0.4, -0.2) is 30.3 Å². The van der Waals surface area contributed by atoms with Gasteiger partial charge in [0, 0.05) is 42.8 Å². The van der Waals surface area contributed by atoms with E-state index >= 15 is 0 Å². The van der Waals surface area contributed by atoms with Crippen molar-refractivity contribution in [3.63, 3.8) is 0 Å². The lowest BCUT2D eigenvalue weighted by Crippen LogP contribution is -2.24. The molecule has 0 saturated heterocycles. The molecule has 23 heavy (non-hydrogen) atoms. The first-order valence-electron chi connectivity index (χ1n) is 7.01. The Morgan fingerprint density at radius 3 is 2.65 bits per heavy atom. The third-order valence-corrected chi connectivity index (χ3v) is 4.36. The summed E-state index contributed by atoms with van der Waals surface area (Å²) in [7, 11) is 3.01. The zero-order valence-electron chi connectivity index (χ0n) is 13.3. The SMILES string of the molecule is COCC(=O)c1ccc(=O)n(C)c1Cc1ccc(SC)cc1F. The predicted molar refractivity (Wildman–Crippen MR) is 88.9 cm³/mol. The lowest BCUT2D eigenvalue weighted by atomic mass is 10.0. The second-order valence-corrected chi connectivity index (χ2v) is 5.96. The Morgan fingerprint density at radius 2 is 2.04 bits per heavy atom. The zero-order valence-corrected chi connectivity index (χ0v) is 14.1. The van der Waals surface area contributed by atoms with Crippen LogP contribution in [-0.2, 0) is 18.2 Å². The van der Waals surface area contributed by atoms with Gasteiger partial charge in [0.05, 0.1) is 0 Å². The van der Waals surface area contributed by atoms with E-state index in [2.05, 4.69) is 0 Å². The molecule has 0 amide bonds. The normalized spacial score (nSPS) is 10.8. The predicted octanol–water partition coefficient (Wildman–Crippen LogP) is 2.67. The number of methoxy groups -OCH3 is 1. The Balaban J connectivity index is 2.48. The lowest BCUT2D eigenvalue weighted by Gasteiger charge is -2.14. The number of nitrogens with zero attached hydrogens (tertiary/aromatic N) is 1. The third-order valence-electron chi connectivity index (χ3n) is 3.63. The minimum atomic E-state index is -0.349. The van der Waals surface area contributed by atoms with Gasteiger partial charge < -0.3 is 9.30 Å². The smallest absolute Gasteiger partial charge is 0.250 e. The number of carbonyl (C=O) groups excluding carboxylic acids is 1. The summed E-state index contributed by atoms with van der Waals surface area (Å²) in [4.78, 5) is 24.9. The van der Waals surface area contributed by atoms with Gasteiger partial charge in [0.1, 0.15) is 12.4 Å². The van der Waals surface area contributed by atoms with Crippen LogP contribution >= 0.6 is 11.8 Å². The van der Waals surface area contributed by atoms with Crippen molar-refractivity contribution in [1.82, 2.24) is 4.57 Å². The van der Waals surface area contributed by atoms with Gasteiger partial charge in [0.15, 0.2) is 5.78 Å². The van der Waals surface area contributed by atoms with E-state index in [9.17, 15) is 14.0 Å². The fourth-order valence-electron chi connectivity index (χ4n) is 2.33. The molecule has 0 saturated carbocycles. The van der Waals surface area contributed by atoms with Gasteiger partial charge in [-0.15, -0.1) is 11.8 Å². The van der Waals surface area contributed by atoms with Crippen LogP contribution in [0, 0.1) is 5.82 Å². The largest absolute Gasteiger partial charge is 0.377 e. The van der Waals surface area contributed by atoms with Crippen LogP contribution in [0.4, 0.5) is 4.39 Å². The second kappa shape index (κ2) is 7.57. The van der Waals surface area contributed by atoms with Crippen molar-refractivity contribution in [2.75, 3.05) is 20.0 Å². The van der Waals surface area contributed by atoms with Gasteiger partial charge in [-0.25, -0.2) is 4.39 Å². The van der Waals surface area contributed by atoms with Crippen molar-refractivity contribution in [2.24, 2.45) is 7.05 Å². The molecular formula is C17H18FNO3S. The number of ether oxygens (including phenoxy) is 1. The van der Waals surface area contributed by atoms with Crippen molar-refractivity contribution in [3.8, 4) is 0 Å². The summed E-state index contributed by atoms with van der Waals surface area (Å²) in [6, 6.07) is 7.77. The quantitative estimate of drug-likeness (QED) is 0.601. The Morgan fingerprint density at radius 1 is 1.30 bits per heavy atom. The Hall–Kier alpha value is -1.92. The Kier molecular flexibility index (Phi) is 5.74. The van der Waals surface area contributed by atoms with E-state index in [1.165, 1.54) is 41.6 Å². The van der Waals surface area contributed by atoms with Crippen LogP contribution in [0.5, 0.6) is 0 Å². The number of ketones is 1. The molecule has 0 bridgehead atoms. The summed E-state index contributed by atoms with van der Waals surface area (Å²) in [5.74, 6) is -0.586. The van der Waals surface area contributed by atoms with Crippen molar-refractivity contribution in [2.45, 2.75) is 11.3 Å². The maximum atomic E-state index is 14.2. The molecule has 0 aliphatic rings. The molecule has 0 N–H and O–H groups in total. The second-order valence-electron chi connectivity index (χ2n) is 5.08. The van der Waals surface area contributed by atoms with Gasteiger partial charge in [0.25, 0.3) is 5.56 Å². The molecule has 6 heteroatoms. The van der Waals surface area contributed by atoms with Crippen LogP contribution in [0.3, 0.4) is 0 Å². The van der Waals surface area contributed by atoms with E-state index < -0.39 is 0 Å². The molecule has 122 valence electrons. The van der Waals surface area contributed by atoms with Crippen LogP contribution in [0.2, 0.25) is 0 Å². The first-order valence-corrected chi connectivity index (χ1v) is 8.24. The summed E-state index contributed by atoms with van der Waals surface area (Å²) < 4.78 is 20.5. The number of hydrogen-bond donors (Lipinski definition) is 0. The highest BCUT2D eigenvalue weighted by atomic mass is 32.2. The molecule has 1 aromatic carbocycles. The van der Waals surface area contributed by atoms with E-state index in [1.54, 1.807) is 13.1 Å². The minimum absolute atomic E-state index is 0.0842. The summed E-state index contributed by atoms with van der Waals surface area (Å²) in [6.45, 7) is -0.0842. The monoisotopic (exact) mass is 335 g/mol. The number of aromatic nitrogens is 1. The third kappa shape index (κ3) is 3.89. The van der Waals surface area contributed by atoms with Crippen molar-refractivity contribution in [3.05, 3.63) is 63.3 Å². The number of Topliss-reactive ketones (excluding diaryl/α,β-unsaturated/α-hetero) is 1. The molecular weight excluding hydrogens is 317 g/mol. The van der Waals surface area contributed by atoms with E-state index in [-0.39, 0.29) is 30.2 Å². The fraction of sp³-hybridized carbons (Fsp3) is 0.294. The lowest BCUT2D eigenvalue weighted by molar-refractivity contribution is 0.0846.